The lowest BCUT2D eigenvalue weighted by Crippen LogP contribution is -2.24. The van der Waals surface area contributed by atoms with Crippen molar-refractivity contribution < 1.29 is 15.3 Å². The van der Waals surface area contributed by atoms with Crippen molar-refractivity contribution in [2.45, 2.75) is 105 Å². The van der Waals surface area contributed by atoms with Crippen molar-refractivity contribution in [3.8, 4) is 11.5 Å². The molecule has 0 bridgehead atoms. The van der Waals surface area contributed by atoms with Gasteiger partial charge < -0.3 is 15.3 Å². The topological polar surface area (TPSA) is 60.7 Å². The summed E-state index contributed by atoms with van der Waals surface area (Å²) < 4.78 is 0. The van der Waals surface area contributed by atoms with E-state index in [0.29, 0.717) is 24.8 Å². The van der Waals surface area contributed by atoms with Gasteiger partial charge >= 0.3 is 0 Å². The molecule has 0 aromatic heterocycles. The van der Waals surface area contributed by atoms with Crippen molar-refractivity contribution in [3.05, 3.63) is 57.7 Å². The minimum atomic E-state index is -0.808. The molecule has 0 fully saturated rings. The third-order valence-electron chi connectivity index (χ3n) is 6.00. The molecule has 0 aliphatic heterocycles. The van der Waals surface area contributed by atoms with E-state index in [-0.39, 0.29) is 11.5 Å². The molecule has 0 radical (unpaired) electrons. The fourth-order valence-corrected chi connectivity index (χ4v) is 3.80. The molecule has 0 spiro atoms. The van der Waals surface area contributed by atoms with Crippen molar-refractivity contribution >= 4 is 0 Å². The second-order valence-electron chi connectivity index (χ2n) is 9.68. The van der Waals surface area contributed by atoms with Gasteiger partial charge in [-0.3, -0.25) is 0 Å². The third kappa shape index (κ3) is 10.2. The number of hydrogen-bond acceptors (Lipinski definition) is 3. The number of hydrogen-bond donors (Lipinski definition) is 3. The number of benzene rings is 1. The van der Waals surface area contributed by atoms with Crippen molar-refractivity contribution in [1.29, 1.82) is 0 Å². The van der Waals surface area contributed by atoms with E-state index >= 15 is 0 Å². The normalized spacial score (nSPS) is 14.5. The summed E-state index contributed by atoms with van der Waals surface area (Å²) in [5.74, 6) is -0.103. The van der Waals surface area contributed by atoms with E-state index in [9.17, 15) is 15.3 Å². The zero-order valence-electron chi connectivity index (χ0n) is 20.8. The van der Waals surface area contributed by atoms with Crippen LogP contribution in [0.2, 0.25) is 0 Å². The molecule has 1 aromatic rings. The average molecular weight is 429 g/mol. The number of phenols is 2. The predicted octanol–water partition coefficient (Wildman–Crippen LogP) is 7.60. The number of aliphatic hydroxyl groups is 1. The molecule has 3 N–H and O–H groups in total. The number of rotatable bonds is 12. The van der Waals surface area contributed by atoms with Crippen LogP contribution < -0.4 is 0 Å². The van der Waals surface area contributed by atoms with E-state index in [1.54, 1.807) is 6.92 Å². The number of aromatic hydroxyl groups is 2. The maximum absolute atomic E-state index is 10.8. The lowest BCUT2D eigenvalue weighted by molar-refractivity contribution is 0.0431. The standard InChI is InChI=1S/C28H44O3/c1-20(2)11-8-12-21(3)13-9-14-22(4)15-10-17-28(7,31)18-16-25-23(5)19-24(6)26(29)27(25)30/h11,13,15,19,29-31H,8-10,12,14,16-18H2,1-7H3. The summed E-state index contributed by atoms with van der Waals surface area (Å²) >= 11 is 0. The second-order valence-corrected chi connectivity index (χ2v) is 9.68. The summed E-state index contributed by atoms with van der Waals surface area (Å²) in [6.45, 7) is 14.2. The largest absolute Gasteiger partial charge is 0.504 e. The molecule has 0 aliphatic rings. The highest BCUT2D eigenvalue weighted by Crippen LogP contribution is 2.36. The molecule has 1 aromatic carbocycles. The van der Waals surface area contributed by atoms with E-state index in [1.165, 1.54) is 16.7 Å². The first kappa shape index (κ1) is 27.0. The summed E-state index contributed by atoms with van der Waals surface area (Å²) in [6.07, 6.45) is 13.8. The van der Waals surface area contributed by atoms with Gasteiger partial charge in [0.15, 0.2) is 11.5 Å². The Balaban J connectivity index is 2.47. The van der Waals surface area contributed by atoms with Crippen LogP contribution in [0.5, 0.6) is 11.5 Å². The molecule has 0 saturated carbocycles. The van der Waals surface area contributed by atoms with Crippen LogP contribution >= 0.6 is 0 Å². The van der Waals surface area contributed by atoms with Crippen molar-refractivity contribution in [2.24, 2.45) is 0 Å². The van der Waals surface area contributed by atoms with Crippen LogP contribution in [0.4, 0.5) is 0 Å². The smallest absolute Gasteiger partial charge is 0.161 e. The van der Waals surface area contributed by atoms with Crippen LogP contribution in [-0.2, 0) is 6.42 Å². The zero-order valence-corrected chi connectivity index (χ0v) is 20.8. The van der Waals surface area contributed by atoms with Gasteiger partial charge in [-0.05, 0) is 111 Å². The Hall–Kier alpha value is -2.00. The maximum atomic E-state index is 10.8. The summed E-state index contributed by atoms with van der Waals surface area (Å²) in [5.41, 5.74) is 5.73. The average Bonchev–Trinajstić information content (AvgIpc) is 2.65. The first-order valence-corrected chi connectivity index (χ1v) is 11.6. The van der Waals surface area contributed by atoms with Crippen LogP contribution in [0, 0.1) is 13.8 Å². The van der Waals surface area contributed by atoms with Crippen molar-refractivity contribution in [2.75, 3.05) is 0 Å². The van der Waals surface area contributed by atoms with Gasteiger partial charge in [-0.2, -0.15) is 0 Å². The molecular weight excluding hydrogens is 384 g/mol. The zero-order chi connectivity index (χ0) is 23.6. The van der Waals surface area contributed by atoms with Gasteiger partial charge in [-0.15, -0.1) is 0 Å². The molecular formula is C28H44O3. The number of aryl methyl sites for hydroxylation is 2. The molecule has 1 unspecified atom stereocenters. The monoisotopic (exact) mass is 428 g/mol. The van der Waals surface area contributed by atoms with Crippen LogP contribution in [-0.4, -0.2) is 20.9 Å². The molecule has 0 aliphatic carbocycles. The molecule has 1 atom stereocenters. The van der Waals surface area contributed by atoms with E-state index < -0.39 is 5.60 Å². The van der Waals surface area contributed by atoms with Crippen molar-refractivity contribution in [3.63, 3.8) is 0 Å². The van der Waals surface area contributed by atoms with Gasteiger partial charge in [0.05, 0.1) is 5.60 Å². The van der Waals surface area contributed by atoms with Crippen LogP contribution in [0.25, 0.3) is 0 Å². The van der Waals surface area contributed by atoms with Gasteiger partial charge in [0.1, 0.15) is 0 Å². The molecule has 3 nitrogen and oxygen atoms in total. The van der Waals surface area contributed by atoms with E-state index in [2.05, 4.69) is 45.9 Å². The summed E-state index contributed by atoms with van der Waals surface area (Å²) in [7, 11) is 0. The Morgan fingerprint density at radius 2 is 1.35 bits per heavy atom. The highest BCUT2D eigenvalue weighted by Gasteiger charge is 2.22. The molecule has 3 heteroatoms. The van der Waals surface area contributed by atoms with Crippen LogP contribution in [0.1, 0.15) is 96.3 Å². The molecule has 174 valence electrons. The Morgan fingerprint density at radius 1 is 0.806 bits per heavy atom. The maximum Gasteiger partial charge on any atom is 0.161 e. The first-order chi connectivity index (χ1) is 14.4. The van der Waals surface area contributed by atoms with Gasteiger partial charge in [0.25, 0.3) is 0 Å². The SMILES string of the molecule is CC(C)=CCCC(C)=CCCC(C)=CCCC(C)(O)CCc1c(C)cc(C)c(O)c1O. The Morgan fingerprint density at radius 3 is 1.94 bits per heavy atom. The minimum Gasteiger partial charge on any atom is -0.504 e. The first-order valence-electron chi connectivity index (χ1n) is 11.6. The van der Waals surface area contributed by atoms with Gasteiger partial charge in [-0.1, -0.05) is 41.0 Å². The quantitative estimate of drug-likeness (QED) is 0.237. The number of phenolic OH excluding ortho intramolecular Hbond substituents is 2. The highest BCUT2D eigenvalue weighted by molar-refractivity contribution is 5.53. The minimum absolute atomic E-state index is 0.0479. The Kier molecular flexibility index (Phi) is 11.1. The van der Waals surface area contributed by atoms with Crippen LogP contribution in [0.15, 0.2) is 41.0 Å². The summed E-state index contributed by atoms with van der Waals surface area (Å²) in [6, 6.07) is 1.88. The third-order valence-corrected chi connectivity index (χ3v) is 6.00. The lowest BCUT2D eigenvalue weighted by Gasteiger charge is -2.24. The van der Waals surface area contributed by atoms with E-state index in [1.807, 2.05) is 19.9 Å². The molecule has 31 heavy (non-hydrogen) atoms. The Bertz CT molecular complexity index is 806. The summed E-state index contributed by atoms with van der Waals surface area (Å²) in [4.78, 5) is 0. The summed E-state index contributed by atoms with van der Waals surface area (Å²) in [5, 5.41) is 31.0. The van der Waals surface area contributed by atoms with Gasteiger partial charge in [-0.25, -0.2) is 0 Å². The lowest BCUT2D eigenvalue weighted by atomic mass is 9.89. The van der Waals surface area contributed by atoms with Gasteiger partial charge in [0, 0.05) is 5.56 Å². The number of allylic oxidation sites excluding steroid dienone is 6. The van der Waals surface area contributed by atoms with Crippen LogP contribution in [0.3, 0.4) is 0 Å². The predicted molar refractivity (Wildman–Crippen MR) is 133 cm³/mol. The molecule has 1 rings (SSSR count). The second kappa shape index (κ2) is 12.8. The van der Waals surface area contributed by atoms with E-state index in [0.717, 1.165) is 43.2 Å². The fraction of sp³-hybridized carbons (Fsp3) is 0.571. The highest BCUT2D eigenvalue weighted by atomic mass is 16.3. The molecule has 0 heterocycles. The fourth-order valence-electron chi connectivity index (χ4n) is 3.80. The van der Waals surface area contributed by atoms with Crippen molar-refractivity contribution in [1.82, 2.24) is 0 Å². The molecule has 0 amide bonds. The van der Waals surface area contributed by atoms with E-state index in [4.69, 9.17) is 0 Å². The Labute approximate surface area is 190 Å². The molecule has 0 saturated heterocycles. The van der Waals surface area contributed by atoms with Gasteiger partial charge in [0.2, 0.25) is 0 Å².